The summed E-state index contributed by atoms with van der Waals surface area (Å²) < 4.78 is 27.2. The molecular weight excluding hydrogens is 379 g/mol. The topological polar surface area (TPSA) is 94.0 Å². The van der Waals surface area contributed by atoms with Crippen LogP contribution in [0.5, 0.6) is 0 Å². The second-order valence-corrected chi connectivity index (χ2v) is 7.10. The SMILES string of the molecule is CC.Cc1ccc(C)c(Cc2nc(CO)nn2-c2ccc(S(N)=O)cc2F)c1. The molecule has 0 radical (unpaired) electrons. The molecule has 0 amide bonds. The highest BCUT2D eigenvalue weighted by atomic mass is 32.2. The van der Waals surface area contributed by atoms with Crippen molar-refractivity contribution in [3.63, 3.8) is 0 Å². The van der Waals surface area contributed by atoms with Crippen LogP contribution in [0.15, 0.2) is 41.3 Å². The fraction of sp³-hybridized carbons (Fsp3) is 0.300. The van der Waals surface area contributed by atoms with Crippen molar-refractivity contribution in [3.8, 4) is 5.69 Å². The summed E-state index contributed by atoms with van der Waals surface area (Å²) in [4.78, 5) is 4.51. The van der Waals surface area contributed by atoms with Gasteiger partial charge in [-0.1, -0.05) is 37.6 Å². The smallest absolute Gasteiger partial charge is 0.176 e. The van der Waals surface area contributed by atoms with Crippen LogP contribution in [0.25, 0.3) is 5.69 Å². The number of benzene rings is 2. The number of aliphatic hydroxyl groups excluding tert-OH is 1. The minimum absolute atomic E-state index is 0.159. The molecular formula is C20H25FN4O2S. The highest BCUT2D eigenvalue weighted by Crippen LogP contribution is 2.21. The van der Waals surface area contributed by atoms with E-state index in [0.717, 1.165) is 22.8 Å². The number of aromatic nitrogens is 3. The first-order valence-corrected chi connectivity index (χ1v) is 10.2. The van der Waals surface area contributed by atoms with Gasteiger partial charge in [0.2, 0.25) is 0 Å². The van der Waals surface area contributed by atoms with Gasteiger partial charge in [0.1, 0.15) is 34.9 Å². The van der Waals surface area contributed by atoms with Gasteiger partial charge in [0.05, 0.1) is 4.90 Å². The molecule has 0 bridgehead atoms. The molecule has 2 aromatic carbocycles. The van der Waals surface area contributed by atoms with E-state index in [9.17, 15) is 13.7 Å². The fourth-order valence-corrected chi connectivity index (χ4v) is 3.13. The standard InChI is InChI=1S/C18H19FN4O2S.C2H6/c1-11-3-4-12(2)13(7-11)8-18-21-17(10-24)22-23(18)16-6-5-14(26(20)25)9-15(16)19;1-2/h3-7,9,24H,8,10,20H2,1-2H3;1-2H3. The maximum absolute atomic E-state index is 14.5. The van der Waals surface area contributed by atoms with E-state index in [4.69, 9.17) is 5.14 Å². The molecule has 1 atom stereocenters. The lowest BCUT2D eigenvalue weighted by molar-refractivity contribution is 0.271. The summed E-state index contributed by atoms with van der Waals surface area (Å²) in [5.74, 6) is 0.0948. The molecule has 3 rings (SSSR count). The van der Waals surface area contributed by atoms with Gasteiger partial charge in [-0.2, -0.15) is 0 Å². The molecule has 0 saturated heterocycles. The van der Waals surface area contributed by atoms with E-state index in [1.807, 2.05) is 45.9 Å². The second kappa shape index (κ2) is 9.68. The third-order valence-electron chi connectivity index (χ3n) is 4.09. The van der Waals surface area contributed by atoms with E-state index in [-0.39, 0.29) is 23.0 Å². The Morgan fingerprint density at radius 2 is 1.89 bits per heavy atom. The lowest BCUT2D eigenvalue weighted by Crippen LogP contribution is -2.09. The van der Waals surface area contributed by atoms with E-state index in [1.54, 1.807) is 0 Å². The van der Waals surface area contributed by atoms with Crippen LogP contribution >= 0.6 is 0 Å². The lowest BCUT2D eigenvalue weighted by atomic mass is 10.0. The van der Waals surface area contributed by atoms with E-state index in [1.165, 1.54) is 16.8 Å². The third-order valence-corrected chi connectivity index (χ3v) is 4.81. The molecule has 1 aromatic heterocycles. The van der Waals surface area contributed by atoms with Crippen LogP contribution in [0.4, 0.5) is 4.39 Å². The summed E-state index contributed by atoms with van der Waals surface area (Å²) in [6, 6.07) is 10.1. The summed E-state index contributed by atoms with van der Waals surface area (Å²) in [7, 11) is -1.77. The Morgan fingerprint density at radius 3 is 2.50 bits per heavy atom. The van der Waals surface area contributed by atoms with Crippen LogP contribution < -0.4 is 5.14 Å². The average molecular weight is 405 g/mol. The molecule has 0 fully saturated rings. The first-order chi connectivity index (χ1) is 13.4. The maximum Gasteiger partial charge on any atom is 0.176 e. The normalized spacial score (nSPS) is 11.7. The monoisotopic (exact) mass is 404 g/mol. The summed E-state index contributed by atoms with van der Waals surface area (Å²) in [5, 5.41) is 18.9. The van der Waals surface area contributed by atoms with Gasteiger partial charge in [0.15, 0.2) is 5.82 Å². The molecule has 3 N–H and O–H groups in total. The average Bonchev–Trinajstić information content (AvgIpc) is 3.09. The number of hydrogen-bond acceptors (Lipinski definition) is 4. The van der Waals surface area contributed by atoms with E-state index < -0.39 is 16.8 Å². The molecule has 28 heavy (non-hydrogen) atoms. The van der Waals surface area contributed by atoms with Gasteiger partial charge in [-0.25, -0.2) is 23.4 Å². The molecule has 0 spiro atoms. The van der Waals surface area contributed by atoms with Gasteiger partial charge in [-0.3, -0.25) is 0 Å². The minimum atomic E-state index is -1.77. The van der Waals surface area contributed by atoms with Crippen molar-refractivity contribution >= 4 is 11.0 Å². The molecule has 6 nitrogen and oxygen atoms in total. The number of rotatable bonds is 5. The number of halogens is 1. The van der Waals surface area contributed by atoms with Crippen molar-refractivity contribution in [2.75, 3.05) is 0 Å². The highest BCUT2D eigenvalue weighted by molar-refractivity contribution is 7.82. The highest BCUT2D eigenvalue weighted by Gasteiger charge is 2.17. The first kappa shape index (κ1) is 21.9. The van der Waals surface area contributed by atoms with E-state index in [0.29, 0.717) is 12.2 Å². The summed E-state index contributed by atoms with van der Waals surface area (Å²) in [6.07, 6.45) is 0.435. The zero-order valence-electron chi connectivity index (χ0n) is 16.4. The molecule has 8 heteroatoms. The predicted octanol–water partition coefficient (Wildman–Crippen LogP) is 3.11. The van der Waals surface area contributed by atoms with Crippen LogP contribution in [-0.4, -0.2) is 24.1 Å². The van der Waals surface area contributed by atoms with Crippen LogP contribution in [0.2, 0.25) is 0 Å². The summed E-state index contributed by atoms with van der Waals surface area (Å²) in [6.45, 7) is 7.64. The Hall–Kier alpha value is -2.42. The number of aryl methyl sites for hydroxylation is 2. The van der Waals surface area contributed by atoms with E-state index in [2.05, 4.69) is 10.1 Å². The Kier molecular flexibility index (Phi) is 7.56. The van der Waals surface area contributed by atoms with Crippen LogP contribution in [0, 0.1) is 19.7 Å². The molecule has 150 valence electrons. The summed E-state index contributed by atoms with van der Waals surface area (Å²) >= 11 is 0. The number of aliphatic hydroxyl groups is 1. The number of nitrogens with two attached hydrogens (primary N) is 1. The maximum atomic E-state index is 14.5. The molecule has 0 saturated carbocycles. The predicted molar refractivity (Wildman–Crippen MR) is 108 cm³/mol. The van der Waals surface area contributed by atoms with Crippen molar-refractivity contribution in [1.29, 1.82) is 0 Å². The van der Waals surface area contributed by atoms with Crippen LogP contribution in [-0.2, 0) is 24.0 Å². The second-order valence-electron chi connectivity index (χ2n) is 6.03. The zero-order chi connectivity index (χ0) is 20.8. The van der Waals surface area contributed by atoms with Crippen LogP contribution in [0.3, 0.4) is 0 Å². The Balaban J connectivity index is 0.00000136. The molecule has 3 aromatic rings. The molecule has 0 aliphatic heterocycles. The van der Waals surface area contributed by atoms with Crippen LogP contribution in [0.1, 0.15) is 42.2 Å². The Morgan fingerprint density at radius 1 is 1.18 bits per heavy atom. The Bertz CT molecular complexity index is 988. The molecule has 1 heterocycles. The van der Waals surface area contributed by atoms with Gasteiger partial charge in [0, 0.05) is 6.42 Å². The summed E-state index contributed by atoms with van der Waals surface area (Å²) in [5.41, 5.74) is 3.40. The first-order valence-electron chi connectivity index (χ1n) is 8.97. The molecule has 1 unspecified atom stereocenters. The van der Waals surface area contributed by atoms with E-state index >= 15 is 0 Å². The third kappa shape index (κ3) is 4.89. The van der Waals surface area contributed by atoms with Crippen molar-refractivity contribution in [1.82, 2.24) is 14.8 Å². The quantitative estimate of drug-likeness (QED) is 0.683. The largest absolute Gasteiger partial charge is 0.388 e. The van der Waals surface area contributed by atoms with Gasteiger partial charge in [0.25, 0.3) is 0 Å². The van der Waals surface area contributed by atoms with Crippen molar-refractivity contribution in [2.45, 2.75) is 45.6 Å². The van der Waals surface area contributed by atoms with Gasteiger partial charge < -0.3 is 5.11 Å². The fourth-order valence-electron chi connectivity index (χ4n) is 2.71. The minimum Gasteiger partial charge on any atom is -0.388 e. The van der Waals surface area contributed by atoms with Gasteiger partial charge >= 0.3 is 0 Å². The van der Waals surface area contributed by atoms with Crippen molar-refractivity contribution in [2.24, 2.45) is 5.14 Å². The molecule has 0 aliphatic carbocycles. The molecule has 0 aliphatic rings. The van der Waals surface area contributed by atoms with Crippen molar-refractivity contribution < 1.29 is 13.7 Å². The van der Waals surface area contributed by atoms with Crippen molar-refractivity contribution in [3.05, 3.63) is 70.6 Å². The van der Waals surface area contributed by atoms with Gasteiger partial charge in [-0.15, -0.1) is 5.10 Å². The zero-order valence-corrected chi connectivity index (χ0v) is 17.3. The number of hydrogen-bond donors (Lipinski definition) is 2. The number of nitrogens with zero attached hydrogens (tertiary/aromatic N) is 3. The Labute approximate surface area is 166 Å². The van der Waals surface area contributed by atoms with Gasteiger partial charge in [-0.05, 0) is 43.2 Å². The lowest BCUT2D eigenvalue weighted by Gasteiger charge is -2.10.